The fourth-order valence-electron chi connectivity index (χ4n) is 4.18. The zero-order valence-corrected chi connectivity index (χ0v) is 18.2. The van der Waals surface area contributed by atoms with Gasteiger partial charge >= 0.3 is 0 Å². The molecule has 0 spiro atoms. The Balaban J connectivity index is 1.92. The number of amides is 1. The number of nitrogens with zero attached hydrogens (tertiary/aromatic N) is 2. The van der Waals surface area contributed by atoms with E-state index in [4.69, 9.17) is 0 Å². The molecule has 0 saturated carbocycles. The second-order valence-electron chi connectivity index (χ2n) is 7.75. The monoisotopic (exact) mass is 414 g/mol. The molecule has 1 fully saturated rings. The van der Waals surface area contributed by atoms with Gasteiger partial charge < -0.3 is 4.90 Å². The Morgan fingerprint density at radius 3 is 2.07 bits per heavy atom. The molecule has 1 amide bonds. The Morgan fingerprint density at radius 1 is 1.03 bits per heavy atom. The highest BCUT2D eigenvalue weighted by Gasteiger charge is 2.46. The SMILES string of the molecule is CCS(=O)(=O)N1CCC(C(=O)N(C)C(C)c2ccccc2)(c2ccccc2)CC1. The number of hydrogen-bond acceptors (Lipinski definition) is 3. The molecule has 2 aromatic rings. The van der Waals surface area contributed by atoms with Crippen LogP contribution in [-0.4, -0.2) is 49.4 Å². The fourth-order valence-corrected chi connectivity index (χ4v) is 5.28. The summed E-state index contributed by atoms with van der Waals surface area (Å²) in [6, 6.07) is 19.7. The summed E-state index contributed by atoms with van der Waals surface area (Å²) in [7, 11) is -1.40. The van der Waals surface area contributed by atoms with Gasteiger partial charge in [0.25, 0.3) is 0 Å². The highest BCUT2D eigenvalue weighted by molar-refractivity contribution is 7.89. The van der Waals surface area contributed by atoms with Crippen LogP contribution in [0.2, 0.25) is 0 Å². The van der Waals surface area contributed by atoms with E-state index in [-0.39, 0.29) is 17.7 Å². The first-order chi connectivity index (χ1) is 13.8. The van der Waals surface area contributed by atoms with Crippen molar-refractivity contribution in [2.45, 2.75) is 38.1 Å². The minimum atomic E-state index is -3.25. The third-order valence-electron chi connectivity index (χ3n) is 6.25. The number of sulfonamides is 1. The number of carbonyl (C=O) groups is 1. The second-order valence-corrected chi connectivity index (χ2v) is 10.0. The fraction of sp³-hybridized carbons (Fsp3) is 0.435. The van der Waals surface area contributed by atoms with Crippen LogP contribution >= 0.6 is 0 Å². The largest absolute Gasteiger partial charge is 0.338 e. The third-order valence-corrected chi connectivity index (χ3v) is 8.13. The topological polar surface area (TPSA) is 57.7 Å². The van der Waals surface area contributed by atoms with Gasteiger partial charge in [0, 0.05) is 20.1 Å². The first-order valence-corrected chi connectivity index (χ1v) is 11.8. The van der Waals surface area contributed by atoms with Gasteiger partial charge in [-0.3, -0.25) is 4.79 Å². The third kappa shape index (κ3) is 4.23. The molecule has 5 nitrogen and oxygen atoms in total. The molecule has 1 aliphatic heterocycles. The standard InChI is InChI=1S/C23H30N2O3S/c1-4-29(27,28)25-17-15-23(16-18-25,21-13-9-6-10-14-21)22(26)24(3)19(2)20-11-7-5-8-12-20/h5-14,19H,4,15-18H2,1-3H3. The van der Waals surface area contributed by atoms with Gasteiger partial charge in [-0.1, -0.05) is 60.7 Å². The van der Waals surface area contributed by atoms with Crippen molar-refractivity contribution < 1.29 is 13.2 Å². The summed E-state index contributed by atoms with van der Waals surface area (Å²) in [5.41, 5.74) is 1.34. The van der Waals surface area contributed by atoms with Crippen molar-refractivity contribution in [3.8, 4) is 0 Å². The van der Waals surface area contributed by atoms with E-state index in [0.29, 0.717) is 25.9 Å². The zero-order chi connectivity index (χ0) is 21.1. The van der Waals surface area contributed by atoms with E-state index in [2.05, 4.69) is 0 Å². The van der Waals surface area contributed by atoms with Crippen LogP contribution in [0.5, 0.6) is 0 Å². The van der Waals surface area contributed by atoms with Crippen LogP contribution in [-0.2, 0) is 20.2 Å². The molecule has 0 N–H and O–H groups in total. The van der Waals surface area contributed by atoms with E-state index < -0.39 is 15.4 Å². The summed E-state index contributed by atoms with van der Waals surface area (Å²) in [5.74, 6) is 0.137. The quantitative estimate of drug-likeness (QED) is 0.726. The van der Waals surface area contributed by atoms with Crippen molar-refractivity contribution in [2.75, 3.05) is 25.9 Å². The molecule has 156 valence electrons. The first-order valence-electron chi connectivity index (χ1n) is 10.2. The highest BCUT2D eigenvalue weighted by atomic mass is 32.2. The molecule has 1 unspecified atom stereocenters. The van der Waals surface area contributed by atoms with Gasteiger partial charge in [0.05, 0.1) is 17.2 Å². The average molecular weight is 415 g/mol. The lowest BCUT2D eigenvalue weighted by atomic mass is 9.72. The predicted molar refractivity (Wildman–Crippen MR) is 116 cm³/mol. The number of piperidine rings is 1. The molecule has 0 aromatic heterocycles. The van der Waals surface area contributed by atoms with Crippen molar-refractivity contribution in [2.24, 2.45) is 0 Å². The highest BCUT2D eigenvalue weighted by Crippen LogP contribution is 2.39. The Labute approximate surface area is 174 Å². The lowest BCUT2D eigenvalue weighted by Crippen LogP contribution is -2.53. The molecule has 1 atom stereocenters. The van der Waals surface area contributed by atoms with E-state index in [1.165, 1.54) is 4.31 Å². The first kappa shape index (κ1) is 21.5. The van der Waals surface area contributed by atoms with Gasteiger partial charge in [0.2, 0.25) is 15.9 Å². The summed E-state index contributed by atoms with van der Waals surface area (Å²) in [4.78, 5) is 15.6. The van der Waals surface area contributed by atoms with Gasteiger partial charge in [-0.25, -0.2) is 12.7 Å². The van der Waals surface area contributed by atoms with E-state index in [0.717, 1.165) is 11.1 Å². The summed E-state index contributed by atoms with van der Waals surface area (Å²) in [6.07, 6.45) is 0.974. The van der Waals surface area contributed by atoms with Crippen LogP contribution in [0.1, 0.15) is 43.9 Å². The Kier molecular flexibility index (Phi) is 6.44. The van der Waals surface area contributed by atoms with Crippen LogP contribution in [0.15, 0.2) is 60.7 Å². The molecule has 0 radical (unpaired) electrons. The Bertz CT molecular complexity index is 921. The molecular formula is C23H30N2O3S. The summed E-state index contributed by atoms with van der Waals surface area (Å²) < 4.78 is 26.2. The summed E-state index contributed by atoms with van der Waals surface area (Å²) in [6.45, 7) is 4.42. The Hall–Kier alpha value is -2.18. The number of likely N-dealkylation sites (N-methyl/N-ethyl adjacent to an activating group) is 1. The number of benzene rings is 2. The minimum absolute atomic E-state index is 0.0496. The van der Waals surface area contributed by atoms with Gasteiger partial charge in [-0.05, 0) is 37.8 Å². The maximum Gasteiger partial charge on any atom is 0.233 e. The zero-order valence-electron chi connectivity index (χ0n) is 17.4. The van der Waals surface area contributed by atoms with Crippen molar-refractivity contribution >= 4 is 15.9 Å². The summed E-state index contributed by atoms with van der Waals surface area (Å²) >= 11 is 0. The van der Waals surface area contributed by atoms with E-state index >= 15 is 0 Å². The molecule has 0 bridgehead atoms. The van der Waals surface area contributed by atoms with Crippen molar-refractivity contribution in [1.82, 2.24) is 9.21 Å². The van der Waals surface area contributed by atoms with E-state index in [1.54, 1.807) is 6.92 Å². The van der Waals surface area contributed by atoms with Crippen LogP contribution < -0.4 is 0 Å². The minimum Gasteiger partial charge on any atom is -0.338 e. The second kappa shape index (κ2) is 8.67. The van der Waals surface area contributed by atoms with Crippen LogP contribution in [0.4, 0.5) is 0 Å². The van der Waals surface area contributed by atoms with Crippen molar-refractivity contribution in [1.29, 1.82) is 0 Å². The number of carbonyl (C=O) groups excluding carboxylic acids is 1. The molecule has 6 heteroatoms. The van der Waals surface area contributed by atoms with Crippen LogP contribution in [0, 0.1) is 0 Å². The van der Waals surface area contributed by atoms with Gasteiger partial charge in [-0.2, -0.15) is 0 Å². The van der Waals surface area contributed by atoms with Crippen LogP contribution in [0.25, 0.3) is 0 Å². The Morgan fingerprint density at radius 2 is 1.55 bits per heavy atom. The van der Waals surface area contributed by atoms with Crippen molar-refractivity contribution in [3.05, 3.63) is 71.8 Å². The maximum absolute atomic E-state index is 13.8. The molecular weight excluding hydrogens is 384 g/mol. The molecule has 29 heavy (non-hydrogen) atoms. The summed E-state index contributed by atoms with van der Waals surface area (Å²) in [5, 5.41) is 0. The van der Waals surface area contributed by atoms with Crippen LogP contribution in [0.3, 0.4) is 0 Å². The van der Waals surface area contributed by atoms with Crippen molar-refractivity contribution in [3.63, 3.8) is 0 Å². The lowest BCUT2D eigenvalue weighted by molar-refractivity contribution is -0.139. The van der Waals surface area contributed by atoms with Gasteiger partial charge in [-0.15, -0.1) is 0 Å². The van der Waals surface area contributed by atoms with E-state index in [9.17, 15) is 13.2 Å². The predicted octanol–water partition coefficient (Wildman–Crippen LogP) is 3.59. The molecule has 1 aliphatic rings. The van der Waals surface area contributed by atoms with Gasteiger partial charge in [0.15, 0.2) is 0 Å². The molecule has 1 saturated heterocycles. The van der Waals surface area contributed by atoms with E-state index in [1.807, 2.05) is 79.5 Å². The molecule has 1 heterocycles. The smallest absolute Gasteiger partial charge is 0.233 e. The molecule has 0 aliphatic carbocycles. The molecule has 2 aromatic carbocycles. The normalized spacial score (nSPS) is 18.2. The van der Waals surface area contributed by atoms with Gasteiger partial charge in [0.1, 0.15) is 0 Å². The number of hydrogen-bond donors (Lipinski definition) is 0. The average Bonchev–Trinajstić information content (AvgIpc) is 2.78. The molecule has 3 rings (SSSR count). The maximum atomic E-state index is 13.8. The lowest BCUT2D eigenvalue weighted by Gasteiger charge is -2.43. The number of rotatable bonds is 6.